The van der Waals surface area contributed by atoms with Gasteiger partial charge in [-0.25, -0.2) is 4.98 Å². The number of nitrogens with one attached hydrogen (secondary N) is 1. The highest BCUT2D eigenvalue weighted by atomic mass is 79.9. The summed E-state index contributed by atoms with van der Waals surface area (Å²) >= 11 is 9.14. The third-order valence-electron chi connectivity index (χ3n) is 2.34. The lowest BCUT2D eigenvalue weighted by atomic mass is 10.1. The van der Waals surface area contributed by atoms with E-state index < -0.39 is 0 Å². The van der Waals surface area contributed by atoms with Crippen molar-refractivity contribution in [2.75, 3.05) is 11.2 Å². The third-order valence-corrected chi connectivity index (χ3v) is 2.99. The Morgan fingerprint density at radius 1 is 1.60 bits per heavy atom. The molecule has 0 spiro atoms. The molecule has 4 heteroatoms. The molecule has 2 nitrogen and oxygen atoms in total. The quantitative estimate of drug-likeness (QED) is 0.830. The van der Waals surface area contributed by atoms with Gasteiger partial charge in [0.2, 0.25) is 0 Å². The van der Waals surface area contributed by atoms with E-state index in [4.69, 9.17) is 11.6 Å². The van der Waals surface area contributed by atoms with Crippen LogP contribution < -0.4 is 5.32 Å². The van der Waals surface area contributed by atoms with Gasteiger partial charge in [0.15, 0.2) is 0 Å². The molecule has 0 aliphatic rings. The lowest BCUT2D eigenvalue weighted by molar-refractivity contribution is 0.671. The van der Waals surface area contributed by atoms with Crippen LogP contribution in [0, 0.1) is 6.92 Å². The highest BCUT2D eigenvalue weighted by Gasteiger charge is 2.07. The third kappa shape index (κ3) is 3.99. The van der Waals surface area contributed by atoms with E-state index in [2.05, 4.69) is 39.2 Å². The zero-order valence-corrected chi connectivity index (χ0v) is 11.4. The normalized spacial score (nSPS) is 12.5. The van der Waals surface area contributed by atoms with Gasteiger partial charge in [0.05, 0.1) is 0 Å². The molecule has 0 amide bonds. The van der Waals surface area contributed by atoms with Crippen LogP contribution in [0.4, 0.5) is 5.82 Å². The van der Waals surface area contributed by atoms with Crippen LogP contribution in [0.1, 0.15) is 25.3 Å². The van der Waals surface area contributed by atoms with Gasteiger partial charge in [-0.1, -0.05) is 6.92 Å². The Bertz CT molecular complexity index is 317. The molecular weight excluding hydrogens is 275 g/mol. The van der Waals surface area contributed by atoms with E-state index in [0.717, 1.165) is 28.7 Å². The number of anilines is 1. The molecular formula is C11H16BrClN2. The number of pyridine rings is 1. The van der Waals surface area contributed by atoms with Crippen LogP contribution >= 0.6 is 27.5 Å². The number of rotatable bonds is 5. The van der Waals surface area contributed by atoms with Gasteiger partial charge in [-0.2, -0.15) is 0 Å². The number of halogens is 2. The van der Waals surface area contributed by atoms with Crippen molar-refractivity contribution < 1.29 is 0 Å². The molecule has 0 fully saturated rings. The van der Waals surface area contributed by atoms with E-state index in [-0.39, 0.29) is 0 Å². The SMILES string of the molecule is CCC(CCCl)Nc1ncc(Br)cc1C. The summed E-state index contributed by atoms with van der Waals surface area (Å²) in [5.41, 5.74) is 1.15. The standard InChI is InChI=1S/C11H16BrClN2/c1-3-10(4-5-13)15-11-8(2)6-9(12)7-14-11/h6-7,10H,3-5H2,1-2H3,(H,14,15). The maximum absolute atomic E-state index is 5.74. The van der Waals surface area contributed by atoms with E-state index in [0.29, 0.717) is 11.9 Å². The molecule has 0 radical (unpaired) electrons. The van der Waals surface area contributed by atoms with Crippen molar-refractivity contribution >= 4 is 33.3 Å². The Labute approximate surface area is 105 Å². The molecule has 0 saturated heterocycles. The summed E-state index contributed by atoms with van der Waals surface area (Å²) in [7, 11) is 0. The molecule has 1 aromatic rings. The number of aromatic nitrogens is 1. The van der Waals surface area contributed by atoms with Crippen LogP contribution in [0.5, 0.6) is 0 Å². The van der Waals surface area contributed by atoms with E-state index >= 15 is 0 Å². The molecule has 15 heavy (non-hydrogen) atoms. The number of hydrogen-bond donors (Lipinski definition) is 1. The molecule has 84 valence electrons. The summed E-state index contributed by atoms with van der Waals surface area (Å²) in [6, 6.07) is 2.47. The zero-order chi connectivity index (χ0) is 11.3. The van der Waals surface area contributed by atoms with Crippen LogP contribution in [0.3, 0.4) is 0 Å². The number of alkyl halides is 1. The minimum atomic E-state index is 0.412. The summed E-state index contributed by atoms with van der Waals surface area (Å²) in [4.78, 5) is 4.35. The van der Waals surface area contributed by atoms with Crippen LogP contribution in [0.25, 0.3) is 0 Å². The average Bonchev–Trinajstić information content (AvgIpc) is 2.21. The predicted octanol–water partition coefficient (Wildman–Crippen LogP) is 3.97. The summed E-state index contributed by atoms with van der Waals surface area (Å²) in [5.74, 6) is 1.64. The van der Waals surface area contributed by atoms with Crippen molar-refractivity contribution in [3.05, 3.63) is 22.3 Å². The zero-order valence-electron chi connectivity index (χ0n) is 9.06. The largest absolute Gasteiger partial charge is 0.367 e. The predicted molar refractivity (Wildman–Crippen MR) is 69.7 cm³/mol. The second kappa shape index (κ2) is 6.33. The molecule has 1 aromatic heterocycles. The minimum Gasteiger partial charge on any atom is -0.367 e. The fourth-order valence-corrected chi connectivity index (χ4v) is 2.10. The van der Waals surface area contributed by atoms with Gasteiger partial charge in [-0.15, -0.1) is 11.6 Å². The van der Waals surface area contributed by atoms with Gasteiger partial charge in [0, 0.05) is 22.6 Å². The van der Waals surface area contributed by atoms with E-state index in [1.54, 1.807) is 0 Å². The van der Waals surface area contributed by atoms with Gasteiger partial charge in [0.25, 0.3) is 0 Å². The first-order valence-electron chi connectivity index (χ1n) is 5.12. The van der Waals surface area contributed by atoms with Crippen molar-refractivity contribution in [3.63, 3.8) is 0 Å². The van der Waals surface area contributed by atoms with E-state index in [1.165, 1.54) is 0 Å². The minimum absolute atomic E-state index is 0.412. The number of nitrogens with zero attached hydrogens (tertiary/aromatic N) is 1. The van der Waals surface area contributed by atoms with Crippen LogP contribution in [0.15, 0.2) is 16.7 Å². The van der Waals surface area contributed by atoms with Crippen molar-refractivity contribution in [2.24, 2.45) is 0 Å². The number of aryl methyl sites for hydroxylation is 1. The van der Waals surface area contributed by atoms with Gasteiger partial charge in [-0.05, 0) is 47.3 Å². The van der Waals surface area contributed by atoms with Gasteiger partial charge >= 0.3 is 0 Å². The molecule has 0 aliphatic carbocycles. The molecule has 0 bridgehead atoms. The molecule has 1 unspecified atom stereocenters. The van der Waals surface area contributed by atoms with Crippen LogP contribution in [-0.2, 0) is 0 Å². The Morgan fingerprint density at radius 2 is 2.33 bits per heavy atom. The molecule has 1 N–H and O–H groups in total. The van der Waals surface area contributed by atoms with Crippen molar-refractivity contribution in [1.82, 2.24) is 4.98 Å². The summed E-state index contributed by atoms with van der Waals surface area (Å²) < 4.78 is 1.01. The lowest BCUT2D eigenvalue weighted by Crippen LogP contribution is -2.20. The Kier molecular flexibility index (Phi) is 5.40. The second-order valence-electron chi connectivity index (χ2n) is 3.55. The monoisotopic (exact) mass is 290 g/mol. The van der Waals surface area contributed by atoms with Crippen molar-refractivity contribution in [1.29, 1.82) is 0 Å². The fraction of sp³-hybridized carbons (Fsp3) is 0.545. The second-order valence-corrected chi connectivity index (χ2v) is 4.84. The van der Waals surface area contributed by atoms with E-state index in [9.17, 15) is 0 Å². The van der Waals surface area contributed by atoms with Crippen LogP contribution in [0.2, 0.25) is 0 Å². The molecule has 0 aliphatic heterocycles. The summed E-state index contributed by atoms with van der Waals surface area (Å²) in [5, 5.41) is 3.41. The Balaban J connectivity index is 2.70. The first-order chi connectivity index (χ1) is 7.17. The lowest BCUT2D eigenvalue weighted by Gasteiger charge is -2.17. The van der Waals surface area contributed by atoms with Crippen LogP contribution in [-0.4, -0.2) is 16.9 Å². The summed E-state index contributed by atoms with van der Waals surface area (Å²) in [6.07, 6.45) is 3.84. The average molecular weight is 292 g/mol. The first-order valence-corrected chi connectivity index (χ1v) is 6.44. The molecule has 0 aromatic carbocycles. The first kappa shape index (κ1) is 12.8. The van der Waals surface area contributed by atoms with E-state index in [1.807, 2.05) is 13.1 Å². The van der Waals surface area contributed by atoms with Gasteiger partial charge in [-0.3, -0.25) is 0 Å². The highest BCUT2D eigenvalue weighted by Crippen LogP contribution is 2.18. The molecule has 1 rings (SSSR count). The maximum atomic E-state index is 5.74. The van der Waals surface area contributed by atoms with Crippen molar-refractivity contribution in [3.8, 4) is 0 Å². The smallest absolute Gasteiger partial charge is 0.129 e. The summed E-state index contributed by atoms with van der Waals surface area (Å²) in [6.45, 7) is 4.20. The fourth-order valence-electron chi connectivity index (χ4n) is 1.40. The van der Waals surface area contributed by atoms with Gasteiger partial charge < -0.3 is 5.32 Å². The maximum Gasteiger partial charge on any atom is 0.129 e. The molecule has 1 heterocycles. The topological polar surface area (TPSA) is 24.9 Å². The van der Waals surface area contributed by atoms with Gasteiger partial charge in [0.1, 0.15) is 5.82 Å². The Hall–Kier alpha value is -0.280. The molecule has 0 saturated carbocycles. The Morgan fingerprint density at radius 3 is 2.87 bits per heavy atom. The van der Waals surface area contributed by atoms with Crippen molar-refractivity contribution in [2.45, 2.75) is 32.7 Å². The highest BCUT2D eigenvalue weighted by molar-refractivity contribution is 9.10. The molecule has 1 atom stereocenters. The number of hydrogen-bond acceptors (Lipinski definition) is 2.